The molecule has 1 aromatic rings. The summed E-state index contributed by atoms with van der Waals surface area (Å²) >= 11 is 3.53. The van der Waals surface area contributed by atoms with E-state index in [1.165, 1.54) is 48.6 Å². The van der Waals surface area contributed by atoms with Crippen LogP contribution >= 0.6 is 15.9 Å². The molecule has 2 heteroatoms. The van der Waals surface area contributed by atoms with E-state index in [-0.39, 0.29) is 0 Å². The summed E-state index contributed by atoms with van der Waals surface area (Å²) in [6.07, 6.45) is 7.98. The molecule has 112 valence electrons. The Balaban J connectivity index is 2.00. The van der Waals surface area contributed by atoms with Crippen molar-refractivity contribution in [2.45, 2.75) is 58.4 Å². The maximum Gasteiger partial charge on any atom is 0.0175 e. The van der Waals surface area contributed by atoms with Gasteiger partial charge in [0.25, 0.3) is 0 Å². The lowest BCUT2D eigenvalue weighted by molar-refractivity contribution is 0.198. The van der Waals surface area contributed by atoms with E-state index in [1.807, 2.05) is 0 Å². The van der Waals surface area contributed by atoms with Crippen LogP contribution < -0.4 is 5.32 Å². The molecule has 0 spiro atoms. The fourth-order valence-corrected chi connectivity index (χ4v) is 3.74. The molecule has 0 amide bonds. The van der Waals surface area contributed by atoms with Crippen molar-refractivity contribution in [3.05, 3.63) is 34.3 Å². The molecule has 3 atom stereocenters. The van der Waals surface area contributed by atoms with Crippen LogP contribution in [0, 0.1) is 11.8 Å². The van der Waals surface area contributed by atoms with Gasteiger partial charge >= 0.3 is 0 Å². The van der Waals surface area contributed by atoms with Crippen molar-refractivity contribution in [3.8, 4) is 0 Å². The number of hydrogen-bond acceptors (Lipinski definition) is 1. The second-order valence-electron chi connectivity index (χ2n) is 6.24. The number of halogens is 1. The van der Waals surface area contributed by atoms with Crippen LogP contribution in [0.5, 0.6) is 0 Å². The quantitative estimate of drug-likeness (QED) is 0.753. The van der Waals surface area contributed by atoms with Gasteiger partial charge in [0.2, 0.25) is 0 Å². The predicted octanol–water partition coefficient (Wildman–Crippen LogP) is 5.19. The highest BCUT2D eigenvalue weighted by atomic mass is 79.9. The molecule has 20 heavy (non-hydrogen) atoms. The molecule has 1 fully saturated rings. The highest BCUT2D eigenvalue weighted by Crippen LogP contribution is 2.33. The molecule has 0 heterocycles. The topological polar surface area (TPSA) is 12.0 Å². The molecule has 0 saturated heterocycles. The van der Waals surface area contributed by atoms with Crippen LogP contribution in [-0.2, 0) is 6.42 Å². The number of rotatable bonds is 6. The number of nitrogens with one attached hydrogen (secondary N) is 1. The maximum atomic E-state index is 3.79. The number of hydrogen-bond donors (Lipinski definition) is 1. The first-order chi connectivity index (χ1) is 9.72. The SMILES string of the molecule is CCCNC1CCC(CC)CC1Cc1ccc(Br)cc1. The highest BCUT2D eigenvalue weighted by molar-refractivity contribution is 9.10. The van der Waals surface area contributed by atoms with Crippen molar-refractivity contribution < 1.29 is 0 Å². The van der Waals surface area contributed by atoms with E-state index in [0.29, 0.717) is 0 Å². The lowest BCUT2D eigenvalue weighted by atomic mass is 9.74. The normalized spacial score (nSPS) is 26.6. The van der Waals surface area contributed by atoms with E-state index in [2.05, 4.69) is 59.4 Å². The molecular formula is C18H28BrN. The van der Waals surface area contributed by atoms with Gasteiger partial charge in [0.1, 0.15) is 0 Å². The molecule has 0 radical (unpaired) electrons. The zero-order valence-corrected chi connectivity index (χ0v) is 14.5. The Bertz CT molecular complexity index is 387. The van der Waals surface area contributed by atoms with Gasteiger partial charge in [-0.15, -0.1) is 0 Å². The van der Waals surface area contributed by atoms with Crippen LogP contribution in [0.3, 0.4) is 0 Å². The minimum atomic E-state index is 0.724. The van der Waals surface area contributed by atoms with E-state index in [9.17, 15) is 0 Å². The molecule has 0 aromatic heterocycles. The second-order valence-corrected chi connectivity index (χ2v) is 7.15. The molecule has 1 N–H and O–H groups in total. The third kappa shape index (κ3) is 4.60. The summed E-state index contributed by atoms with van der Waals surface area (Å²) in [7, 11) is 0. The zero-order chi connectivity index (χ0) is 14.4. The van der Waals surface area contributed by atoms with Crippen LogP contribution in [0.2, 0.25) is 0 Å². The average molecular weight is 338 g/mol. The molecule has 1 aromatic carbocycles. The summed E-state index contributed by atoms with van der Waals surface area (Å²) in [6.45, 7) is 5.77. The van der Waals surface area contributed by atoms with Gasteiger partial charge < -0.3 is 5.32 Å². The standard InChI is InChI=1S/C18H28BrN/c1-3-11-20-18-10-7-14(4-2)12-16(18)13-15-5-8-17(19)9-6-15/h5-6,8-9,14,16,18,20H,3-4,7,10-13H2,1-2H3. The van der Waals surface area contributed by atoms with Crippen LogP contribution in [0.15, 0.2) is 28.7 Å². The first-order valence-corrected chi connectivity index (χ1v) is 9.00. The lowest BCUT2D eigenvalue weighted by Gasteiger charge is -2.37. The predicted molar refractivity (Wildman–Crippen MR) is 91.0 cm³/mol. The molecule has 1 aliphatic rings. The van der Waals surface area contributed by atoms with Gasteiger partial charge in [-0.1, -0.05) is 48.3 Å². The smallest absolute Gasteiger partial charge is 0.0175 e. The van der Waals surface area contributed by atoms with E-state index in [0.717, 1.165) is 24.4 Å². The van der Waals surface area contributed by atoms with Crippen molar-refractivity contribution in [2.24, 2.45) is 11.8 Å². The third-order valence-electron chi connectivity index (χ3n) is 4.74. The van der Waals surface area contributed by atoms with E-state index in [1.54, 1.807) is 0 Å². The fraction of sp³-hybridized carbons (Fsp3) is 0.667. The molecular weight excluding hydrogens is 310 g/mol. The lowest BCUT2D eigenvalue weighted by Crippen LogP contribution is -2.41. The first-order valence-electron chi connectivity index (χ1n) is 8.20. The molecule has 0 aliphatic heterocycles. The summed E-state index contributed by atoms with van der Waals surface area (Å²) < 4.78 is 1.18. The molecule has 2 rings (SSSR count). The van der Waals surface area contributed by atoms with Crippen molar-refractivity contribution in [2.75, 3.05) is 6.54 Å². The van der Waals surface area contributed by atoms with Crippen LogP contribution in [0.25, 0.3) is 0 Å². The van der Waals surface area contributed by atoms with Gasteiger partial charge in [-0.25, -0.2) is 0 Å². The Hall–Kier alpha value is -0.340. The summed E-state index contributed by atoms with van der Waals surface area (Å²) in [5.41, 5.74) is 1.48. The summed E-state index contributed by atoms with van der Waals surface area (Å²) in [5, 5.41) is 3.79. The summed E-state index contributed by atoms with van der Waals surface area (Å²) in [5.74, 6) is 1.75. The van der Waals surface area contributed by atoms with Crippen molar-refractivity contribution in [1.29, 1.82) is 0 Å². The van der Waals surface area contributed by atoms with Gasteiger partial charge in [-0.3, -0.25) is 0 Å². The molecule has 1 aliphatic carbocycles. The van der Waals surface area contributed by atoms with Crippen molar-refractivity contribution >= 4 is 15.9 Å². The van der Waals surface area contributed by atoms with Gasteiger partial charge in [-0.05, 0) is 68.2 Å². The first kappa shape index (κ1) is 16.0. The minimum Gasteiger partial charge on any atom is -0.314 e. The molecule has 1 nitrogen and oxygen atoms in total. The van der Waals surface area contributed by atoms with Gasteiger partial charge in [-0.2, -0.15) is 0 Å². The van der Waals surface area contributed by atoms with Gasteiger partial charge in [0, 0.05) is 10.5 Å². The monoisotopic (exact) mass is 337 g/mol. The Morgan fingerprint density at radius 1 is 1.15 bits per heavy atom. The largest absolute Gasteiger partial charge is 0.314 e. The third-order valence-corrected chi connectivity index (χ3v) is 5.26. The Labute approximate surface area is 132 Å². The molecule has 1 saturated carbocycles. The second kappa shape index (κ2) is 8.19. The van der Waals surface area contributed by atoms with E-state index in [4.69, 9.17) is 0 Å². The Morgan fingerprint density at radius 2 is 1.90 bits per heavy atom. The van der Waals surface area contributed by atoms with Crippen LogP contribution in [-0.4, -0.2) is 12.6 Å². The van der Waals surface area contributed by atoms with Crippen molar-refractivity contribution in [1.82, 2.24) is 5.32 Å². The highest BCUT2D eigenvalue weighted by Gasteiger charge is 2.29. The summed E-state index contributed by atoms with van der Waals surface area (Å²) in [4.78, 5) is 0. The van der Waals surface area contributed by atoms with Gasteiger partial charge in [0.15, 0.2) is 0 Å². The van der Waals surface area contributed by atoms with Crippen LogP contribution in [0.1, 0.15) is 51.5 Å². The number of benzene rings is 1. The maximum absolute atomic E-state index is 3.79. The van der Waals surface area contributed by atoms with E-state index < -0.39 is 0 Å². The summed E-state index contributed by atoms with van der Waals surface area (Å²) in [6, 6.07) is 9.61. The zero-order valence-electron chi connectivity index (χ0n) is 12.9. The van der Waals surface area contributed by atoms with Crippen LogP contribution in [0.4, 0.5) is 0 Å². The molecule has 0 bridgehead atoms. The Kier molecular flexibility index (Phi) is 6.57. The minimum absolute atomic E-state index is 0.724. The average Bonchev–Trinajstić information content (AvgIpc) is 2.48. The molecule has 3 unspecified atom stereocenters. The Morgan fingerprint density at radius 3 is 2.55 bits per heavy atom. The van der Waals surface area contributed by atoms with E-state index >= 15 is 0 Å². The van der Waals surface area contributed by atoms with Crippen molar-refractivity contribution in [3.63, 3.8) is 0 Å². The fourth-order valence-electron chi connectivity index (χ4n) is 3.48. The van der Waals surface area contributed by atoms with Gasteiger partial charge in [0.05, 0.1) is 0 Å².